The third kappa shape index (κ3) is 6.27. The number of sulfone groups is 1. The fraction of sp³-hybridized carbons (Fsp3) is 1.00. The lowest BCUT2D eigenvalue weighted by molar-refractivity contribution is 0.112. The zero-order valence-corrected chi connectivity index (χ0v) is 15.6. The van der Waals surface area contributed by atoms with Gasteiger partial charge in [-0.05, 0) is 63.3 Å². The monoisotopic (exact) mass is 317 g/mol. The zero-order valence-electron chi connectivity index (χ0n) is 14.8. The summed E-state index contributed by atoms with van der Waals surface area (Å²) < 4.78 is 24.2. The van der Waals surface area contributed by atoms with Crippen LogP contribution in [0.15, 0.2) is 0 Å². The Bertz CT molecular complexity index is 411. The lowest BCUT2D eigenvalue weighted by atomic mass is 9.66. The van der Waals surface area contributed by atoms with E-state index in [4.69, 9.17) is 0 Å². The van der Waals surface area contributed by atoms with Crippen LogP contribution < -0.4 is 5.32 Å². The SMILES string of the molecule is CC(C)NCC1CCC(C)(C)CC1CCS(=O)(=O)C(C)C. The van der Waals surface area contributed by atoms with Crippen molar-refractivity contribution in [1.29, 1.82) is 0 Å². The summed E-state index contributed by atoms with van der Waals surface area (Å²) in [5.74, 6) is 1.51. The van der Waals surface area contributed by atoms with Crippen LogP contribution in [0.2, 0.25) is 0 Å². The molecule has 126 valence electrons. The molecule has 4 heteroatoms. The van der Waals surface area contributed by atoms with Crippen LogP contribution >= 0.6 is 0 Å². The second-order valence-electron chi connectivity index (χ2n) is 8.19. The average Bonchev–Trinajstić information content (AvgIpc) is 2.34. The van der Waals surface area contributed by atoms with Gasteiger partial charge in [0.15, 0.2) is 9.84 Å². The molecule has 1 N–H and O–H groups in total. The van der Waals surface area contributed by atoms with Crippen LogP contribution in [0.1, 0.15) is 67.2 Å². The van der Waals surface area contributed by atoms with E-state index >= 15 is 0 Å². The van der Waals surface area contributed by atoms with Gasteiger partial charge in [0.2, 0.25) is 0 Å². The van der Waals surface area contributed by atoms with Gasteiger partial charge in [0.25, 0.3) is 0 Å². The van der Waals surface area contributed by atoms with E-state index in [2.05, 4.69) is 33.0 Å². The molecular formula is C17H35NO2S. The van der Waals surface area contributed by atoms with E-state index in [1.165, 1.54) is 12.8 Å². The molecule has 1 rings (SSSR count). The van der Waals surface area contributed by atoms with Gasteiger partial charge in [-0.2, -0.15) is 0 Å². The molecule has 0 bridgehead atoms. The molecule has 3 nitrogen and oxygen atoms in total. The Balaban J connectivity index is 2.66. The highest BCUT2D eigenvalue weighted by atomic mass is 32.2. The molecule has 0 aromatic heterocycles. The molecule has 0 saturated heterocycles. The number of hydrogen-bond donors (Lipinski definition) is 1. The first-order chi connectivity index (χ1) is 9.53. The third-order valence-electron chi connectivity index (χ3n) is 4.95. The molecule has 0 aliphatic heterocycles. The van der Waals surface area contributed by atoms with E-state index in [-0.39, 0.29) is 5.25 Å². The van der Waals surface area contributed by atoms with Crippen LogP contribution in [0.5, 0.6) is 0 Å². The van der Waals surface area contributed by atoms with Crippen molar-refractivity contribution < 1.29 is 8.42 Å². The minimum absolute atomic E-state index is 0.249. The Kier molecular flexibility index (Phi) is 6.73. The van der Waals surface area contributed by atoms with Crippen molar-refractivity contribution in [3.63, 3.8) is 0 Å². The molecule has 0 aromatic carbocycles. The normalized spacial score (nSPS) is 26.5. The maximum Gasteiger partial charge on any atom is 0.152 e. The van der Waals surface area contributed by atoms with Crippen LogP contribution in [-0.2, 0) is 9.84 Å². The predicted octanol–water partition coefficient (Wildman–Crippen LogP) is 3.64. The lowest BCUT2D eigenvalue weighted by Crippen LogP contribution is -2.39. The van der Waals surface area contributed by atoms with Crippen molar-refractivity contribution in [2.24, 2.45) is 17.3 Å². The second-order valence-corrected chi connectivity index (χ2v) is 10.9. The van der Waals surface area contributed by atoms with Crippen molar-refractivity contribution in [3.05, 3.63) is 0 Å². The Labute approximate surface area is 132 Å². The maximum absolute atomic E-state index is 12.1. The summed E-state index contributed by atoms with van der Waals surface area (Å²) in [6, 6.07) is 0.500. The lowest BCUT2D eigenvalue weighted by Gasteiger charge is -2.41. The van der Waals surface area contributed by atoms with Gasteiger partial charge in [-0.3, -0.25) is 0 Å². The van der Waals surface area contributed by atoms with Crippen LogP contribution in [0, 0.1) is 17.3 Å². The van der Waals surface area contributed by atoms with Gasteiger partial charge in [-0.1, -0.05) is 27.7 Å². The molecule has 1 saturated carbocycles. The van der Waals surface area contributed by atoms with Gasteiger partial charge in [0.05, 0.1) is 11.0 Å². The van der Waals surface area contributed by atoms with Gasteiger partial charge in [-0.15, -0.1) is 0 Å². The van der Waals surface area contributed by atoms with Crippen molar-refractivity contribution in [2.75, 3.05) is 12.3 Å². The number of rotatable bonds is 7. The first kappa shape index (κ1) is 19.0. The van der Waals surface area contributed by atoms with Gasteiger partial charge in [0.1, 0.15) is 0 Å². The Morgan fingerprint density at radius 3 is 2.29 bits per heavy atom. The molecule has 1 aliphatic carbocycles. The second kappa shape index (κ2) is 7.45. The zero-order chi connectivity index (χ0) is 16.3. The van der Waals surface area contributed by atoms with Gasteiger partial charge >= 0.3 is 0 Å². The van der Waals surface area contributed by atoms with E-state index in [1.54, 1.807) is 13.8 Å². The minimum Gasteiger partial charge on any atom is -0.314 e. The molecule has 2 atom stereocenters. The van der Waals surface area contributed by atoms with Crippen LogP contribution in [0.4, 0.5) is 0 Å². The summed E-state index contributed by atoms with van der Waals surface area (Å²) in [6.45, 7) is 13.6. The summed E-state index contributed by atoms with van der Waals surface area (Å²) >= 11 is 0. The first-order valence-electron chi connectivity index (χ1n) is 8.48. The molecule has 0 radical (unpaired) electrons. The summed E-state index contributed by atoms with van der Waals surface area (Å²) in [7, 11) is -2.91. The summed E-state index contributed by atoms with van der Waals surface area (Å²) in [5.41, 5.74) is 0.362. The standard InChI is InChI=1S/C17H35NO2S/c1-13(2)18-12-16-7-9-17(5,6)11-15(16)8-10-21(19,20)14(3)4/h13-16,18H,7-12H2,1-6H3. The quantitative estimate of drug-likeness (QED) is 0.780. The van der Waals surface area contributed by atoms with Gasteiger partial charge in [-0.25, -0.2) is 8.42 Å². The number of hydrogen-bond acceptors (Lipinski definition) is 3. The summed E-state index contributed by atoms with van der Waals surface area (Å²) in [6.07, 6.45) is 4.46. The molecule has 1 aliphatic rings. The molecule has 1 fully saturated rings. The van der Waals surface area contributed by atoms with Crippen LogP contribution in [-0.4, -0.2) is 32.0 Å². The van der Waals surface area contributed by atoms with E-state index in [0.29, 0.717) is 29.0 Å². The van der Waals surface area contributed by atoms with E-state index in [0.717, 1.165) is 19.4 Å². The summed E-state index contributed by atoms with van der Waals surface area (Å²) in [4.78, 5) is 0. The molecule has 2 unspecified atom stereocenters. The average molecular weight is 318 g/mol. The van der Waals surface area contributed by atoms with Crippen molar-refractivity contribution in [2.45, 2.75) is 78.5 Å². The minimum atomic E-state index is -2.91. The Morgan fingerprint density at radius 1 is 1.14 bits per heavy atom. The van der Waals surface area contributed by atoms with E-state index in [1.807, 2.05) is 0 Å². The highest BCUT2D eigenvalue weighted by Crippen LogP contribution is 2.43. The molecular weight excluding hydrogens is 282 g/mol. The molecule has 0 spiro atoms. The van der Waals surface area contributed by atoms with Crippen LogP contribution in [0.25, 0.3) is 0 Å². The van der Waals surface area contributed by atoms with Crippen molar-refractivity contribution in [3.8, 4) is 0 Å². The molecule has 0 aromatic rings. The first-order valence-corrected chi connectivity index (χ1v) is 10.2. The third-order valence-corrected chi connectivity index (χ3v) is 7.19. The predicted molar refractivity (Wildman–Crippen MR) is 91.3 cm³/mol. The van der Waals surface area contributed by atoms with E-state index < -0.39 is 9.84 Å². The van der Waals surface area contributed by atoms with Gasteiger partial charge < -0.3 is 5.32 Å². The van der Waals surface area contributed by atoms with E-state index in [9.17, 15) is 8.42 Å². The molecule has 0 amide bonds. The van der Waals surface area contributed by atoms with Gasteiger partial charge in [0, 0.05) is 6.04 Å². The highest BCUT2D eigenvalue weighted by molar-refractivity contribution is 7.91. The highest BCUT2D eigenvalue weighted by Gasteiger charge is 2.35. The Morgan fingerprint density at radius 2 is 1.76 bits per heavy atom. The number of nitrogens with one attached hydrogen (secondary N) is 1. The molecule has 21 heavy (non-hydrogen) atoms. The van der Waals surface area contributed by atoms with Crippen molar-refractivity contribution >= 4 is 9.84 Å². The van der Waals surface area contributed by atoms with Crippen LogP contribution in [0.3, 0.4) is 0 Å². The summed E-state index contributed by atoms with van der Waals surface area (Å²) in [5, 5.41) is 3.29. The topological polar surface area (TPSA) is 46.2 Å². The largest absolute Gasteiger partial charge is 0.314 e. The fourth-order valence-electron chi connectivity index (χ4n) is 3.34. The molecule has 0 heterocycles. The van der Waals surface area contributed by atoms with Crippen molar-refractivity contribution in [1.82, 2.24) is 5.32 Å². The fourth-order valence-corrected chi connectivity index (χ4v) is 4.44. The maximum atomic E-state index is 12.1. The Hall–Kier alpha value is -0.0900. The smallest absolute Gasteiger partial charge is 0.152 e.